The molecular formula is C16H15N3OS. The number of hydrogen-bond donors (Lipinski definition) is 1. The van der Waals surface area contributed by atoms with E-state index in [9.17, 15) is 4.79 Å². The summed E-state index contributed by atoms with van der Waals surface area (Å²) in [5, 5.41) is 4.83. The molecule has 0 saturated carbocycles. The standard InChI is InChI=1S/C16H15N3OS/c1-12-4-2-6-15-18-13(11-19(12)15)10-17-16(20)8-7-14-5-3-9-21-14/h2-9,11H,10H2,1H3,(H,17,20)/b8-7-. The van der Waals surface area contributed by atoms with Crippen molar-refractivity contribution in [2.75, 3.05) is 0 Å². The Morgan fingerprint density at radius 1 is 1.38 bits per heavy atom. The van der Waals surface area contributed by atoms with Crippen molar-refractivity contribution < 1.29 is 4.79 Å². The van der Waals surface area contributed by atoms with Gasteiger partial charge in [0, 0.05) is 22.8 Å². The third-order valence-electron chi connectivity index (χ3n) is 3.13. The fraction of sp³-hybridized carbons (Fsp3) is 0.125. The summed E-state index contributed by atoms with van der Waals surface area (Å²) in [6.07, 6.45) is 5.31. The molecule has 0 aliphatic carbocycles. The van der Waals surface area contributed by atoms with Crippen molar-refractivity contribution in [3.05, 3.63) is 64.2 Å². The van der Waals surface area contributed by atoms with Gasteiger partial charge in [0.15, 0.2) is 0 Å². The second-order valence-corrected chi connectivity index (χ2v) is 5.67. The lowest BCUT2D eigenvalue weighted by Gasteiger charge is -1.98. The van der Waals surface area contributed by atoms with E-state index in [2.05, 4.69) is 10.3 Å². The SMILES string of the molecule is Cc1cccc2nc(CNC(=O)/C=C\c3cccs3)cn12. The first-order valence-corrected chi connectivity index (χ1v) is 7.53. The van der Waals surface area contributed by atoms with Crippen LogP contribution >= 0.6 is 11.3 Å². The van der Waals surface area contributed by atoms with E-state index < -0.39 is 0 Å². The molecule has 0 radical (unpaired) electrons. The van der Waals surface area contributed by atoms with Crippen molar-refractivity contribution in [3.8, 4) is 0 Å². The second-order valence-electron chi connectivity index (χ2n) is 4.69. The van der Waals surface area contributed by atoms with Crippen LogP contribution in [0.3, 0.4) is 0 Å². The average molecular weight is 297 g/mol. The fourth-order valence-corrected chi connectivity index (χ4v) is 2.68. The predicted molar refractivity (Wildman–Crippen MR) is 85.1 cm³/mol. The van der Waals surface area contributed by atoms with Gasteiger partial charge in [-0.3, -0.25) is 4.79 Å². The Labute approximate surface area is 126 Å². The number of rotatable bonds is 4. The van der Waals surface area contributed by atoms with Crippen LogP contribution < -0.4 is 5.32 Å². The summed E-state index contributed by atoms with van der Waals surface area (Å²) in [4.78, 5) is 17.3. The van der Waals surface area contributed by atoms with Crippen molar-refractivity contribution in [1.82, 2.24) is 14.7 Å². The molecule has 0 aliphatic heterocycles. The number of fused-ring (bicyclic) bond motifs is 1. The third kappa shape index (κ3) is 3.20. The zero-order valence-corrected chi connectivity index (χ0v) is 12.4. The minimum absolute atomic E-state index is 0.114. The largest absolute Gasteiger partial charge is 0.347 e. The molecule has 1 amide bonds. The molecule has 106 valence electrons. The van der Waals surface area contributed by atoms with E-state index in [4.69, 9.17) is 0 Å². The van der Waals surface area contributed by atoms with E-state index in [1.165, 1.54) is 0 Å². The van der Waals surface area contributed by atoms with Crippen LogP contribution in [0, 0.1) is 6.92 Å². The number of pyridine rings is 1. The number of aryl methyl sites for hydroxylation is 1. The highest BCUT2D eigenvalue weighted by Crippen LogP contribution is 2.10. The molecule has 0 atom stereocenters. The maximum atomic E-state index is 11.8. The Bertz CT molecular complexity index is 787. The topological polar surface area (TPSA) is 46.4 Å². The van der Waals surface area contributed by atoms with Gasteiger partial charge in [-0.2, -0.15) is 0 Å². The van der Waals surface area contributed by atoms with E-state index in [0.717, 1.165) is 21.9 Å². The van der Waals surface area contributed by atoms with Crippen LogP contribution in [0.5, 0.6) is 0 Å². The molecule has 4 nitrogen and oxygen atoms in total. The van der Waals surface area contributed by atoms with Crippen LogP contribution in [0.2, 0.25) is 0 Å². The molecule has 0 saturated heterocycles. The summed E-state index contributed by atoms with van der Waals surface area (Å²) < 4.78 is 2.02. The lowest BCUT2D eigenvalue weighted by molar-refractivity contribution is -0.116. The molecule has 21 heavy (non-hydrogen) atoms. The van der Waals surface area contributed by atoms with Gasteiger partial charge >= 0.3 is 0 Å². The third-order valence-corrected chi connectivity index (χ3v) is 3.97. The zero-order valence-electron chi connectivity index (χ0n) is 11.6. The summed E-state index contributed by atoms with van der Waals surface area (Å²) in [6.45, 7) is 2.45. The minimum Gasteiger partial charge on any atom is -0.347 e. The van der Waals surface area contributed by atoms with E-state index in [0.29, 0.717) is 6.54 Å². The normalized spacial score (nSPS) is 11.3. The van der Waals surface area contributed by atoms with E-state index >= 15 is 0 Å². The van der Waals surface area contributed by atoms with Crippen molar-refractivity contribution >= 4 is 29.0 Å². The molecule has 0 bridgehead atoms. The number of carbonyl (C=O) groups excluding carboxylic acids is 1. The van der Waals surface area contributed by atoms with Gasteiger partial charge in [0.1, 0.15) is 5.65 Å². The van der Waals surface area contributed by atoms with E-state index in [1.807, 2.05) is 59.3 Å². The summed E-state index contributed by atoms with van der Waals surface area (Å²) in [5.74, 6) is -0.114. The predicted octanol–water partition coefficient (Wildman–Crippen LogP) is 3.03. The first-order valence-electron chi connectivity index (χ1n) is 6.65. The summed E-state index contributed by atoms with van der Waals surface area (Å²) >= 11 is 1.60. The molecule has 3 aromatic rings. The number of nitrogens with zero attached hydrogens (tertiary/aromatic N) is 2. The summed E-state index contributed by atoms with van der Waals surface area (Å²) in [5.41, 5.74) is 2.87. The van der Waals surface area contributed by atoms with Gasteiger partial charge in [-0.1, -0.05) is 12.1 Å². The average Bonchev–Trinajstić information content (AvgIpc) is 3.12. The van der Waals surface area contributed by atoms with Crippen LogP contribution in [0.25, 0.3) is 11.7 Å². The lowest BCUT2D eigenvalue weighted by atomic mass is 10.4. The molecule has 0 aliphatic rings. The molecule has 0 spiro atoms. The molecule has 3 rings (SSSR count). The molecule has 5 heteroatoms. The summed E-state index contributed by atoms with van der Waals surface area (Å²) in [7, 11) is 0. The number of thiophene rings is 1. The molecule has 3 aromatic heterocycles. The molecule has 0 aromatic carbocycles. The number of nitrogens with one attached hydrogen (secondary N) is 1. The molecule has 0 unspecified atom stereocenters. The monoisotopic (exact) mass is 297 g/mol. The van der Waals surface area contributed by atoms with Crippen LogP contribution in [0.15, 0.2) is 48.0 Å². The highest BCUT2D eigenvalue weighted by molar-refractivity contribution is 7.10. The first-order chi connectivity index (χ1) is 10.2. The van der Waals surface area contributed by atoms with Crippen LogP contribution in [0.4, 0.5) is 0 Å². The maximum absolute atomic E-state index is 11.8. The van der Waals surface area contributed by atoms with Gasteiger partial charge in [-0.25, -0.2) is 4.98 Å². The van der Waals surface area contributed by atoms with E-state index in [-0.39, 0.29) is 5.91 Å². The molecule has 1 N–H and O–H groups in total. The van der Waals surface area contributed by atoms with E-state index in [1.54, 1.807) is 17.4 Å². The number of aromatic nitrogens is 2. The lowest BCUT2D eigenvalue weighted by Crippen LogP contribution is -2.20. The zero-order chi connectivity index (χ0) is 14.7. The van der Waals surface area contributed by atoms with Crippen LogP contribution in [-0.4, -0.2) is 15.3 Å². The Balaban J connectivity index is 1.63. The Hall–Kier alpha value is -2.40. The van der Waals surface area contributed by atoms with Crippen molar-refractivity contribution in [1.29, 1.82) is 0 Å². The Morgan fingerprint density at radius 2 is 2.29 bits per heavy atom. The van der Waals surface area contributed by atoms with Crippen LogP contribution in [0.1, 0.15) is 16.3 Å². The fourth-order valence-electron chi connectivity index (χ4n) is 2.06. The van der Waals surface area contributed by atoms with Crippen LogP contribution in [-0.2, 0) is 11.3 Å². The molecule has 3 heterocycles. The number of hydrogen-bond acceptors (Lipinski definition) is 3. The quantitative estimate of drug-likeness (QED) is 0.752. The van der Waals surface area contributed by atoms with Gasteiger partial charge in [-0.15, -0.1) is 11.3 Å². The van der Waals surface area contributed by atoms with Gasteiger partial charge in [0.05, 0.1) is 12.2 Å². The highest BCUT2D eigenvalue weighted by Gasteiger charge is 2.04. The number of carbonyl (C=O) groups is 1. The van der Waals surface area contributed by atoms with Crippen molar-refractivity contribution in [2.45, 2.75) is 13.5 Å². The number of amides is 1. The summed E-state index contributed by atoms with van der Waals surface area (Å²) in [6, 6.07) is 9.89. The second kappa shape index (κ2) is 5.93. The molecule has 0 fully saturated rings. The van der Waals surface area contributed by atoms with Gasteiger partial charge in [0.2, 0.25) is 5.91 Å². The van der Waals surface area contributed by atoms with Gasteiger partial charge in [0.25, 0.3) is 0 Å². The number of imidazole rings is 1. The van der Waals surface area contributed by atoms with Gasteiger partial charge < -0.3 is 9.72 Å². The highest BCUT2D eigenvalue weighted by atomic mass is 32.1. The maximum Gasteiger partial charge on any atom is 0.244 e. The Kier molecular flexibility index (Phi) is 3.83. The smallest absolute Gasteiger partial charge is 0.244 e. The van der Waals surface area contributed by atoms with Crippen molar-refractivity contribution in [3.63, 3.8) is 0 Å². The molecular weight excluding hydrogens is 282 g/mol. The minimum atomic E-state index is -0.114. The Morgan fingerprint density at radius 3 is 3.05 bits per heavy atom. The van der Waals surface area contributed by atoms with Crippen molar-refractivity contribution in [2.24, 2.45) is 0 Å². The van der Waals surface area contributed by atoms with Gasteiger partial charge in [-0.05, 0) is 36.6 Å². The first kappa shape index (κ1) is 13.6.